The molecule has 3 nitrogen and oxygen atoms in total. The molecular formula is C15H22N2O. The highest BCUT2D eigenvalue weighted by Gasteiger charge is 2.21. The molecule has 0 aliphatic carbocycles. The molecule has 1 aliphatic heterocycles. The third-order valence-corrected chi connectivity index (χ3v) is 3.68. The first-order chi connectivity index (χ1) is 8.77. The van der Waals surface area contributed by atoms with Crippen LogP contribution in [0.25, 0.3) is 0 Å². The molecule has 1 heterocycles. The van der Waals surface area contributed by atoms with Crippen molar-refractivity contribution in [3.8, 4) is 0 Å². The number of amides is 1. The van der Waals surface area contributed by atoms with E-state index in [1.54, 1.807) is 0 Å². The largest absolute Gasteiger partial charge is 0.356 e. The van der Waals surface area contributed by atoms with Crippen LogP contribution in [0.5, 0.6) is 0 Å². The van der Waals surface area contributed by atoms with Gasteiger partial charge in [0.05, 0.1) is 5.92 Å². The van der Waals surface area contributed by atoms with Gasteiger partial charge in [-0.1, -0.05) is 37.3 Å². The molecular weight excluding hydrogens is 224 g/mol. The van der Waals surface area contributed by atoms with E-state index >= 15 is 0 Å². The first-order valence-corrected chi connectivity index (χ1v) is 6.80. The van der Waals surface area contributed by atoms with Gasteiger partial charge in [0, 0.05) is 13.1 Å². The predicted molar refractivity (Wildman–Crippen MR) is 73.5 cm³/mol. The summed E-state index contributed by atoms with van der Waals surface area (Å²) in [5, 5.41) is 6.26. The molecule has 1 aromatic carbocycles. The van der Waals surface area contributed by atoms with Crippen molar-refractivity contribution in [3.05, 3.63) is 35.9 Å². The maximum Gasteiger partial charge on any atom is 0.224 e. The zero-order chi connectivity index (χ0) is 12.8. The summed E-state index contributed by atoms with van der Waals surface area (Å²) in [5.41, 5.74) is 1.34. The molecule has 0 radical (unpaired) electrons. The van der Waals surface area contributed by atoms with Crippen LogP contribution in [-0.2, 0) is 4.79 Å². The Morgan fingerprint density at radius 2 is 2.22 bits per heavy atom. The highest BCUT2D eigenvalue weighted by atomic mass is 16.1. The molecule has 2 N–H and O–H groups in total. The summed E-state index contributed by atoms with van der Waals surface area (Å²) in [7, 11) is 0. The minimum Gasteiger partial charge on any atom is -0.356 e. The van der Waals surface area contributed by atoms with Crippen molar-refractivity contribution >= 4 is 5.91 Å². The van der Waals surface area contributed by atoms with E-state index in [9.17, 15) is 4.79 Å². The molecule has 1 aromatic rings. The van der Waals surface area contributed by atoms with E-state index in [0.29, 0.717) is 5.92 Å². The van der Waals surface area contributed by atoms with Gasteiger partial charge in [-0.3, -0.25) is 4.79 Å². The summed E-state index contributed by atoms with van der Waals surface area (Å²) in [6.45, 7) is 4.78. The van der Waals surface area contributed by atoms with Crippen molar-refractivity contribution in [2.24, 2.45) is 5.92 Å². The van der Waals surface area contributed by atoms with Gasteiger partial charge in [0.1, 0.15) is 0 Å². The Labute approximate surface area is 109 Å². The number of carbonyl (C=O) groups is 1. The van der Waals surface area contributed by atoms with Crippen molar-refractivity contribution in [3.63, 3.8) is 0 Å². The van der Waals surface area contributed by atoms with Crippen LogP contribution in [0.1, 0.15) is 31.2 Å². The minimum absolute atomic E-state index is 0.178. The van der Waals surface area contributed by atoms with Gasteiger partial charge < -0.3 is 10.6 Å². The zero-order valence-electron chi connectivity index (χ0n) is 11.0. The van der Waals surface area contributed by atoms with Gasteiger partial charge in [0.2, 0.25) is 5.91 Å². The molecule has 18 heavy (non-hydrogen) atoms. The second kappa shape index (κ2) is 6.55. The molecule has 1 amide bonds. The molecule has 1 saturated heterocycles. The van der Waals surface area contributed by atoms with Crippen LogP contribution in [0.4, 0.5) is 0 Å². The van der Waals surface area contributed by atoms with Crippen LogP contribution in [0.3, 0.4) is 0 Å². The highest BCUT2D eigenvalue weighted by molar-refractivity contribution is 5.79. The molecule has 0 aromatic heterocycles. The number of nitrogens with one attached hydrogen (secondary N) is 2. The van der Waals surface area contributed by atoms with Crippen LogP contribution in [0, 0.1) is 5.92 Å². The normalized spacial score (nSPS) is 20.6. The number of rotatable bonds is 5. The Morgan fingerprint density at radius 3 is 2.89 bits per heavy atom. The van der Waals surface area contributed by atoms with Crippen molar-refractivity contribution < 1.29 is 4.79 Å². The van der Waals surface area contributed by atoms with Crippen molar-refractivity contribution in [2.45, 2.75) is 25.7 Å². The fourth-order valence-corrected chi connectivity index (χ4v) is 2.38. The fourth-order valence-electron chi connectivity index (χ4n) is 2.38. The Bertz CT molecular complexity index is 371. The SMILES string of the molecule is CC(CCNC(=O)C1CCNC1)c1ccccc1. The number of hydrogen-bond donors (Lipinski definition) is 2. The topological polar surface area (TPSA) is 41.1 Å². The fraction of sp³-hybridized carbons (Fsp3) is 0.533. The van der Waals surface area contributed by atoms with Crippen LogP contribution < -0.4 is 10.6 Å². The number of carbonyl (C=O) groups excluding carboxylic acids is 1. The third-order valence-electron chi connectivity index (χ3n) is 3.68. The van der Waals surface area contributed by atoms with E-state index in [-0.39, 0.29) is 11.8 Å². The highest BCUT2D eigenvalue weighted by Crippen LogP contribution is 2.17. The summed E-state index contributed by atoms with van der Waals surface area (Å²) in [4.78, 5) is 11.8. The van der Waals surface area contributed by atoms with E-state index in [2.05, 4.69) is 41.8 Å². The van der Waals surface area contributed by atoms with Gasteiger partial charge in [-0.25, -0.2) is 0 Å². The Morgan fingerprint density at radius 1 is 1.44 bits per heavy atom. The van der Waals surface area contributed by atoms with E-state index in [0.717, 1.165) is 32.5 Å². The van der Waals surface area contributed by atoms with E-state index in [1.807, 2.05) is 6.07 Å². The first kappa shape index (κ1) is 13.1. The van der Waals surface area contributed by atoms with E-state index in [1.165, 1.54) is 5.56 Å². The van der Waals surface area contributed by atoms with Crippen LogP contribution in [0.15, 0.2) is 30.3 Å². The van der Waals surface area contributed by atoms with Crippen LogP contribution >= 0.6 is 0 Å². The Kier molecular flexibility index (Phi) is 4.76. The lowest BCUT2D eigenvalue weighted by atomic mass is 9.98. The summed E-state index contributed by atoms with van der Waals surface area (Å²) in [6, 6.07) is 10.5. The van der Waals surface area contributed by atoms with E-state index in [4.69, 9.17) is 0 Å². The summed E-state index contributed by atoms with van der Waals surface area (Å²) >= 11 is 0. The van der Waals surface area contributed by atoms with Gasteiger partial charge in [0.15, 0.2) is 0 Å². The molecule has 0 bridgehead atoms. The molecule has 98 valence electrons. The van der Waals surface area contributed by atoms with Crippen molar-refractivity contribution in [1.82, 2.24) is 10.6 Å². The lowest BCUT2D eigenvalue weighted by Crippen LogP contribution is -2.33. The van der Waals surface area contributed by atoms with Gasteiger partial charge in [-0.2, -0.15) is 0 Å². The van der Waals surface area contributed by atoms with Crippen LogP contribution in [0.2, 0.25) is 0 Å². The summed E-state index contributed by atoms with van der Waals surface area (Å²) in [6.07, 6.45) is 1.97. The average molecular weight is 246 g/mol. The molecule has 0 spiro atoms. The lowest BCUT2D eigenvalue weighted by molar-refractivity contribution is -0.124. The first-order valence-electron chi connectivity index (χ1n) is 6.80. The maximum atomic E-state index is 11.8. The summed E-state index contributed by atoms with van der Waals surface area (Å²) in [5.74, 6) is 0.880. The van der Waals surface area contributed by atoms with Gasteiger partial charge in [0.25, 0.3) is 0 Å². The second-order valence-corrected chi connectivity index (χ2v) is 5.08. The minimum atomic E-state index is 0.178. The van der Waals surface area contributed by atoms with Gasteiger partial charge in [-0.05, 0) is 30.9 Å². The van der Waals surface area contributed by atoms with Gasteiger partial charge in [-0.15, -0.1) is 0 Å². The molecule has 1 aliphatic rings. The van der Waals surface area contributed by atoms with Crippen molar-refractivity contribution in [1.29, 1.82) is 0 Å². The zero-order valence-corrected chi connectivity index (χ0v) is 11.0. The van der Waals surface area contributed by atoms with Gasteiger partial charge >= 0.3 is 0 Å². The third kappa shape index (κ3) is 3.57. The molecule has 2 rings (SSSR count). The van der Waals surface area contributed by atoms with Crippen molar-refractivity contribution in [2.75, 3.05) is 19.6 Å². The maximum absolute atomic E-state index is 11.8. The average Bonchev–Trinajstić information content (AvgIpc) is 2.93. The smallest absolute Gasteiger partial charge is 0.224 e. The monoisotopic (exact) mass is 246 g/mol. The van der Waals surface area contributed by atoms with Crippen LogP contribution in [-0.4, -0.2) is 25.5 Å². The molecule has 0 saturated carbocycles. The molecule has 2 atom stereocenters. The molecule has 2 unspecified atom stereocenters. The standard InChI is InChI=1S/C15H22N2O/c1-12(13-5-3-2-4-6-13)7-10-17-15(18)14-8-9-16-11-14/h2-6,12,14,16H,7-11H2,1H3,(H,17,18). The van der Waals surface area contributed by atoms with E-state index < -0.39 is 0 Å². The number of benzene rings is 1. The Balaban J connectivity index is 1.70. The number of hydrogen-bond acceptors (Lipinski definition) is 2. The quantitative estimate of drug-likeness (QED) is 0.833. The predicted octanol–water partition coefficient (Wildman–Crippen LogP) is 1.91. The lowest BCUT2D eigenvalue weighted by Gasteiger charge is -2.14. The Hall–Kier alpha value is -1.35. The second-order valence-electron chi connectivity index (χ2n) is 5.08. The summed E-state index contributed by atoms with van der Waals surface area (Å²) < 4.78 is 0. The molecule has 1 fully saturated rings. The molecule has 3 heteroatoms.